The Hall–Kier alpha value is -1.28. The second-order valence-electron chi connectivity index (χ2n) is 8.44. The minimum absolute atomic E-state index is 0.110. The molecule has 2 heterocycles. The zero-order valence-electron chi connectivity index (χ0n) is 15.6. The van der Waals surface area contributed by atoms with Gasteiger partial charge in [0.15, 0.2) is 20.2 Å². The van der Waals surface area contributed by atoms with Crippen molar-refractivity contribution in [2.45, 2.75) is 76.7 Å². The van der Waals surface area contributed by atoms with Crippen LogP contribution >= 0.6 is 0 Å². The quantitative estimate of drug-likeness (QED) is 0.501. The van der Waals surface area contributed by atoms with Crippen molar-refractivity contribution in [2.75, 3.05) is 0 Å². The Kier molecular flexibility index (Phi) is 4.15. The summed E-state index contributed by atoms with van der Waals surface area (Å²) in [6, 6.07) is 1.56. The first kappa shape index (κ1) is 18.5. The predicted molar refractivity (Wildman–Crippen MR) is 94.1 cm³/mol. The zero-order valence-corrected chi connectivity index (χ0v) is 16.6. The molecule has 1 aromatic rings. The highest BCUT2D eigenvalue weighted by Crippen LogP contribution is 2.50. The molecule has 1 N–H and O–H groups in total. The van der Waals surface area contributed by atoms with Crippen LogP contribution in [0.2, 0.25) is 18.1 Å². The molecule has 0 saturated carbocycles. The van der Waals surface area contributed by atoms with Crippen molar-refractivity contribution < 1.29 is 23.5 Å². The molecule has 0 unspecified atom stereocenters. The summed E-state index contributed by atoms with van der Waals surface area (Å²) in [4.78, 5) is 25.2. The van der Waals surface area contributed by atoms with Crippen molar-refractivity contribution in [3.05, 3.63) is 33.4 Å². The number of hydrogen-bond donors (Lipinski definition) is 1. The van der Waals surface area contributed by atoms with Gasteiger partial charge in [-0.15, -0.1) is 0 Å². The highest BCUT2D eigenvalue weighted by Gasteiger charge is 2.67. The number of fused-ring (bicyclic) bond motifs is 2. The Morgan fingerprint density at radius 1 is 1.32 bits per heavy atom. The Balaban J connectivity index is 2.14. The summed E-state index contributed by atoms with van der Waals surface area (Å²) < 4.78 is 17.0. The molecule has 3 atom stereocenters. The van der Waals surface area contributed by atoms with Crippen LogP contribution in [0.4, 0.5) is 0 Å². The molecular formula is C18H26O6Si. The third kappa shape index (κ3) is 2.83. The average molecular weight is 366 g/mol. The number of aryl methyl sites for hydroxylation is 1. The maximum absolute atomic E-state index is 12.6. The minimum Gasteiger partial charge on any atom is -0.428 e. The molecule has 0 aromatic carbocycles. The molecular weight excluding hydrogens is 340 g/mol. The van der Waals surface area contributed by atoms with E-state index in [4.69, 9.17) is 13.6 Å². The van der Waals surface area contributed by atoms with Crippen molar-refractivity contribution >= 4 is 14.1 Å². The van der Waals surface area contributed by atoms with Crippen LogP contribution in [0.5, 0.6) is 0 Å². The first-order valence-corrected chi connectivity index (χ1v) is 11.6. The first-order chi connectivity index (χ1) is 11.4. The topological polar surface area (TPSA) is 89.3 Å². The predicted octanol–water partition coefficient (Wildman–Crippen LogP) is 2.72. The summed E-state index contributed by atoms with van der Waals surface area (Å²) in [7, 11) is -2.44. The van der Waals surface area contributed by atoms with E-state index in [0.717, 1.165) is 6.42 Å². The summed E-state index contributed by atoms with van der Waals surface area (Å²) in [6.45, 7) is 12.0. The summed E-state index contributed by atoms with van der Waals surface area (Å²) in [6.07, 6.45) is -0.268. The Bertz CT molecular complexity index is 775. The molecule has 1 aliphatic heterocycles. The molecule has 3 rings (SSSR count). The van der Waals surface area contributed by atoms with Crippen LogP contribution in [0.25, 0.3) is 0 Å². The molecule has 25 heavy (non-hydrogen) atoms. The number of ketones is 1. The molecule has 2 aliphatic rings. The number of aliphatic hydroxyl groups is 1. The fraction of sp³-hybridized carbons (Fsp3) is 0.667. The second kappa shape index (κ2) is 5.61. The van der Waals surface area contributed by atoms with Crippen molar-refractivity contribution in [1.29, 1.82) is 0 Å². The van der Waals surface area contributed by atoms with Crippen molar-refractivity contribution in [3.63, 3.8) is 0 Å². The van der Waals surface area contributed by atoms with E-state index in [1.54, 1.807) is 6.07 Å². The van der Waals surface area contributed by atoms with Crippen LogP contribution in [0.15, 0.2) is 15.3 Å². The number of epoxide rings is 1. The van der Waals surface area contributed by atoms with Gasteiger partial charge in [0.2, 0.25) is 5.79 Å². The molecule has 6 nitrogen and oxygen atoms in total. The van der Waals surface area contributed by atoms with Crippen LogP contribution in [0, 0.1) is 0 Å². The van der Waals surface area contributed by atoms with Gasteiger partial charge in [0, 0.05) is 12.0 Å². The van der Waals surface area contributed by atoms with Gasteiger partial charge in [0.05, 0.1) is 0 Å². The lowest BCUT2D eigenvalue weighted by molar-refractivity contribution is -0.174. The van der Waals surface area contributed by atoms with Crippen LogP contribution in [-0.2, 0) is 21.4 Å². The number of carbonyl (C=O) groups is 1. The molecule has 1 aliphatic carbocycles. The lowest BCUT2D eigenvalue weighted by Gasteiger charge is -2.43. The SMILES string of the molecule is CCCc1cc2c(c(=O)o1)[C@](O)(O[Si](C)(C)C(C)(C)C)[C@H]1O[C@H]1C2=O. The number of Topliss-reactive ketones (excluding diaryl/α,β-unsaturated/α-hetero) is 1. The van der Waals surface area contributed by atoms with Gasteiger partial charge in [-0.2, -0.15) is 0 Å². The van der Waals surface area contributed by atoms with Crippen LogP contribution in [0.1, 0.15) is 55.8 Å². The van der Waals surface area contributed by atoms with E-state index in [9.17, 15) is 14.7 Å². The molecule has 1 fully saturated rings. The lowest BCUT2D eigenvalue weighted by atomic mass is 9.87. The third-order valence-corrected chi connectivity index (χ3v) is 9.91. The standard InChI is InChI=1S/C18H26O6Si/c1-7-8-10-9-11-12(16(20)22-10)18(21,15-14(23-15)13(11)19)24-25(5,6)17(2,3)4/h9,14-15,21H,7-8H2,1-6H3/t14-,15-,18-/m0/s1. The van der Waals surface area contributed by atoms with Crippen LogP contribution < -0.4 is 5.63 Å². The van der Waals surface area contributed by atoms with E-state index in [1.807, 2.05) is 40.8 Å². The average Bonchev–Trinajstić information content (AvgIpc) is 3.24. The minimum atomic E-state index is -2.44. The maximum atomic E-state index is 12.6. The molecule has 0 spiro atoms. The van der Waals surface area contributed by atoms with Gasteiger partial charge in [-0.1, -0.05) is 27.7 Å². The monoisotopic (exact) mass is 366 g/mol. The Morgan fingerprint density at radius 3 is 2.52 bits per heavy atom. The maximum Gasteiger partial charge on any atom is 0.345 e. The highest BCUT2D eigenvalue weighted by atomic mass is 28.4. The number of hydrogen-bond acceptors (Lipinski definition) is 6. The fourth-order valence-electron chi connectivity index (χ4n) is 3.00. The molecule has 7 heteroatoms. The van der Waals surface area contributed by atoms with E-state index in [2.05, 4.69) is 0 Å². The van der Waals surface area contributed by atoms with E-state index in [-0.39, 0.29) is 21.9 Å². The second-order valence-corrected chi connectivity index (χ2v) is 13.2. The number of carbonyl (C=O) groups excluding carboxylic acids is 1. The Morgan fingerprint density at radius 2 is 1.96 bits per heavy atom. The van der Waals surface area contributed by atoms with E-state index >= 15 is 0 Å². The summed E-state index contributed by atoms with van der Waals surface area (Å²) >= 11 is 0. The van der Waals surface area contributed by atoms with E-state index in [1.165, 1.54) is 0 Å². The normalized spacial score (nSPS) is 28.5. The van der Waals surface area contributed by atoms with Gasteiger partial charge < -0.3 is 18.7 Å². The number of ether oxygens (including phenoxy) is 1. The van der Waals surface area contributed by atoms with E-state index in [0.29, 0.717) is 12.2 Å². The highest BCUT2D eigenvalue weighted by molar-refractivity contribution is 6.74. The summed E-state index contributed by atoms with van der Waals surface area (Å²) in [5.74, 6) is -1.79. The van der Waals surface area contributed by atoms with Gasteiger partial charge in [0.1, 0.15) is 17.4 Å². The lowest BCUT2D eigenvalue weighted by Crippen LogP contribution is -2.55. The largest absolute Gasteiger partial charge is 0.428 e. The van der Waals surface area contributed by atoms with Gasteiger partial charge in [0.25, 0.3) is 0 Å². The van der Waals surface area contributed by atoms with Gasteiger partial charge in [-0.25, -0.2) is 4.79 Å². The van der Waals surface area contributed by atoms with Crippen molar-refractivity contribution in [3.8, 4) is 0 Å². The van der Waals surface area contributed by atoms with E-state index < -0.39 is 31.9 Å². The smallest absolute Gasteiger partial charge is 0.345 e. The molecule has 1 aromatic heterocycles. The van der Waals surface area contributed by atoms with Crippen LogP contribution in [-0.4, -0.2) is 31.4 Å². The fourth-order valence-corrected chi connectivity index (χ4v) is 4.30. The summed E-state index contributed by atoms with van der Waals surface area (Å²) in [5, 5.41) is 11.1. The first-order valence-electron chi connectivity index (χ1n) is 8.72. The molecule has 0 amide bonds. The third-order valence-electron chi connectivity index (χ3n) is 5.48. The summed E-state index contributed by atoms with van der Waals surface area (Å²) in [5.41, 5.74) is -0.662. The van der Waals surface area contributed by atoms with Gasteiger partial charge in [-0.05, 0) is 30.6 Å². The molecule has 0 radical (unpaired) electrons. The Labute approximate surface area is 148 Å². The van der Waals surface area contributed by atoms with Gasteiger partial charge in [-0.3, -0.25) is 4.79 Å². The van der Waals surface area contributed by atoms with Crippen LogP contribution in [0.3, 0.4) is 0 Å². The molecule has 1 saturated heterocycles. The molecule has 0 bridgehead atoms. The number of rotatable bonds is 4. The zero-order chi connectivity index (χ0) is 18.8. The van der Waals surface area contributed by atoms with Crippen molar-refractivity contribution in [2.24, 2.45) is 0 Å². The van der Waals surface area contributed by atoms with Gasteiger partial charge >= 0.3 is 5.63 Å². The van der Waals surface area contributed by atoms with Crippen molar-refractivity contribution in [1.82, 2.24) is 0 Å². The molecule has 138 valence electrons.